The highest BCUT2D eigenvalue weighted by molar-refractivity contribution is 6.32. The number of likely N-dealkylation sites (N-methyl/N-ethyl adjacent to an activating group) is 1. The first kappa shape index (κ1) is 22.3. The van der Waals surface area contributed by atoms with Gasteiger partial charge >= 0.3 is 12.1 Å². The molecule has 2 rings (SSSR count). The number of carbonyl (C=O) groups excluding carboxylic acids is 1. The largest absolute Gasteiger partial charge is 0.496 e. The molecule has 1 aromatic rings. The van der Waals surface area contributed by atoms with Gasteiger partial charge in [0.25, 0.3) is 0 Å². The zero-order valence-electron chi connectivity index (χ0n) is 17.1. The van der Waals surface area contributed by atoms with Crippen LogP contribution in [0, 0.1) is 0 Å². The predicted octanol–water partition coefficient (Wildman–Crippen LogP) is 3.88. The Morgan fingerprint density at radius 3 is 2.61 bits per heavy atom. The van der Waals surface area contributed by atoms with Crippen LogP contribution in [0.3, 0.4) is 0 Å². The summed E-state index contributed by atoms with van der Waals surface area (Å²) < 4.78 is 10.8. The van der Waals surface area contributed by atoms with Crippen LogP contribution in [-0.4, -0.2) is 65.9 Å². The summed E-state index contributed by atoms with van der Waals surface area (Å²) in [4.78, 5) is 27.4. The van der Waals surface area contributed by atoms with E-state index in [1.54, 1.807) is 11.9 Å². The van der Waals surface area contributed by atoms with E-state index in [-0.39, 0.29) is 17.7 Å². The first-order valence-electron chi connectivity index (χ1n) is 9.29. The van der Waals surface area contributed by atoms with E-state index in [9.17, 15) is 14.7 Å². The van der Waals surface area contributed by atoms with Crippen molar-refractivity contribution < 1.29 is 24.2 Å². The Hall–Kier alpha value is -1.99. The lowest BCUT2D eigenvalue weighted by atomic mass is 10.0. The molecule has 0 radical (unpaired) electrons. The van der Waals surface area contributed by atoms with E-state index in [4.69, 9.17) is 21.1 Å². The molecule has 0 saturated carbocycles. The number of carboxylic acid groups (broad SMARTS) is 1. The normalized spacial score (nSPS) is 17.9. The number of carbonyl (C=O) groups is 2. The molecule has 156 valence electrons. The summed E-state index contributed by atoms with van der Waals surface area (Å²) >= 11 is 6.34. The fourth-order valence-electron chi connectivity index (χ4n) is 3.27. The number of nitrogens with zero attached hydrogens (tertiary/aromatic N) is 2. The number of amides is 1. The van der Waals surface area contributed by atoms with Crippen molar-refractivity contribution >= 4 is 23.7 Å². The van der Waals surface area contributed by atoms with Crippen molar-refractivity contribution in [1.82, 2.24) is 9.80 Å². The van der Waals surface area contributed by atoms with Gasteiger partial charge < -0.3 is 19.5 Å². The monoisotopic (exact) mass is 412 g/mol. The smallest absolute Gasteiger partial charge is 0.410 e. The van der Waals surface area contributed by atoms with Gasteiger partial charge in [-0.2, -0.15) is 0 Å². The Kier molecular flexibility index (Phi) is 7.17. The standard InChI is InChI=1S/C20H29ClN2O5/c1-20(2,3)28-19(26)22(4)14-7-6-8-23(11-14)12-15-16(21)9-13(18(24)25)10-17(15)27-5/h9-10,14H,6-8,11-12H2,1-5H3,(H,24,25)/t14-/m0/s1. The molecular weight excluding hydrogens is 384 g/mol. The van der Waals surface area contributed by atoms with E-state index in [0.717, 1.165) is 24.9 Å². The van der Waals surface area contributed by atoms with Crippen LogP contribution in [0.25, 0.3) is 0 Å². The Morgan fingerprint density at radius 1 is 1.36 bits per heavy atom. The third-order valence-corrected chi connectivity index (χ3v) is 5.05. The molecule has 1 amide bonds. The Bertz CT molecular complexity index is 732. The SMILES string of the molecule is COc1cc(C(=O)O)cc(Cl)c1CN1CCC[C@H](N(C)C(=O)OC(C)(C)C)C1. The second kappa shape index (κ2) is 9.01. The lowest BCUT2D eigenvalue weighted by Gasteiger charge is -2.38. The Balaban J connectivity index is 2.11. The van der Waals surface area contributed by atoms with Crippen molar-refractivity contribution in [2.24, 2.45) is 0 Å². The average molecular weight is 413 g/mol. The zero-order chi connectivity index (χ0) is 21.1. The second-order valence-electron chi connectivity index (χ2n) is 8.07. The Labute approximate surface area is 171 Å². The molecule has 1 aliphatic heterocycles. The number of halogens is 1. The van der Waals surface area contributed by atoms with Gasteiger partial charge in [-0.15, -0.1) is 0 Å². The van der Waals surface area contributed by atoms with Gasteiger partial charge in [-0.25, -0.2) is 9.59 Å². The number of hydrogen-bond acceptors (Lipinski definition) is 5. The lowest BCUT2D eigenvalue weighted by Crippen LogP contribution is -2.49. The van der Waals surface area contributed by atoms with Gasteiger partial charge in [-0.3, -0.25) is 4.90 Å². The van der Waals surface area contributed by atoms with Gasteiger partial charge in [-0.05, 0) is 52.3 Å². The maximum Gasteiger partial charge on any atom is 0.410 e. The molecule has 1 fully saturated rings. The molecule has 0 bridgehead atoms. The third kappa shape index (κ3) is 5.75. The van der Waals surface area contributed by atoms with E-state index in [1.165, 1.54) is 19.2 Å². The van der Waals surface area contributed by atoms with Gasteiger partial charge in [0.1, 0.15) is 11.4 Å². The van der Waals surface area contributed by atoms with Crippen molar-refractivity contribution in [3.8, 4) is 5.75 Å². The van der Waals surface area contributed by atoms with Crippen LogP contribution in [0.2, 0.25) is 5.02 Å². The second-order valence-corrected chi connectivity index (χ2v) is 8.47. The van der Waals surface area contributed by atoms with Crippen molar-refractivity contribution in [1.29, 1.82) is 0 Å². The molecule has 28 heavy (non-hydrogen) atoms. The van der Waals surface area contributed by atoms with Crippen molar-refractivity contribution in [2.75, 3.05) is 27.2 Å². The van der Waals surface area contributed by atoms with E-state index in [1.807, 2.05) is 20.8 Å². The summed E-state index contributed by atoms with van der Waals surface area (Å²) in [5, 5.41) is 9.56. The van der Waals surface area contributed by atoms with Crippen LogP contribution in [0.4, 0.5) is 4.79 Å². The van der Waals surface area contributed by atoms with Crippen LogP contribution in [0.15, 0.2) is 12.1 Å². The number of carboxylic acids is 1. The number of benzene rings is 1. The molecule has 0 aromatic heterocycles. The lowest BCUT2D eigenvalue weighted by molar-refractivity contribution is 0.0129. The van der Waals surface area contributed by atoms with Crippen LogP contribution in [0.5, 0.6) is 5.75 Å². The average Bonchev–Trinajstić information content (AvgIpc) is 2.61. The first-order chi connectivity index (χ1) is 13.0. The highest BCUT2D eigenvalue weighted by atomic mass is 35.5. The maximum atomic E-state index is 12.4. The van der Waals surface area contributed by atoms with Gasteiger partial charge in [0, 0.05) is 36.8 Å². The van der Waals surface area contributed by atoms with Gasteiger partial charge in [0.15, 0.2) is 0 Å². The van der Waals surface area contributed by atoms with Gasteiger partial charge in [0.05, 0.1) is 12.7 Å². The maximum absolute atomic E-state index is 12.4. The van der Waals surface area contributed by atoms with Gasteiger partial charge in [-0.1, -0.05) is 11.6 Å². The summed E-state index contributed by atoms with van der Waals surface area (Å²) in [5.74, 6) is -0.601. The first-order valence-corrected chi connectivity index (χ1v) is 9.67. The number of likely N-dealkylation sites (tertiary alicyclic amines) is 1. The molecule has 1 atom stereocenters. The zero-order valence-corrected chi connectivity index (χ0v) is 17.9. The molecule has 0 spiro atoms. The minimum Gasteiger partial charge on any atom is -0.496 e. The minimum absolute atomic E-state index is 0.0339. The highest BCUT2D eigenvalue weighted by Crippen LogP contribution is 2.31. The van der Waals surface area contributed by atoms with Crippen LogP contribution < -0.4 is 4.74 Å². The fourth-order valence-corrected chi connectivity index (χ4v) is 3.54. The van der Waals surface area contributed by atoms with E-state index in [2.05, 4.69) is 4.90 Å². The minimum atomic E-state index is -1.05. The molecule has 1 saturated heterocycles. The van der Waals surface area contributed by atoms with Crippen LogP contribution in [-0.2, 0) is 11.3 Å². The number of ether oxygens (including phenoxy) is 2. The molecule has 1 heterocycles. The quantitative estimate of drug-likeness (QED) is 0.790. The van der Waals surface area contributed by atoms with Crippen molar-refractivity contribution in [2.45, 2.75) is 51.8 Å². The molecule has 0 unspecified atom stereocenters. The van der Waals surface area contributed by atoms with Crippen molar-refractivity contribution in [3.05, 3.63) is 28.3 Å². The van der Waals surface area contributed by atoms with E-state index >= 15 is 0 Å². The Morgan fingerprint density at radius 2 is 2.04 bits per heavy atom. The van der Waals surface area contributed by atoms with Crippen molar-refractivity contribution in [3.63, 3.8) is 0 Å². The fraction of sp³-hybridized carbons (Fsp3) is 0.600. The molecule has 1 aliphatic rings. The molecular formula is C20H29ClN2O5. The molecule has 7 nitrogen and oxygen atoms in total. The van der Waals surface area contributed by atoms with Crippen LogP contribution >= 0.6 is 11.6 Å². The number of rotatable bonds is 5. The molecule has 1 N–H and O–H groups in total. The van der Waals surface area contributed by atoms with E-state index < -0.39 is 11.6 Å². The van der Waals surface area contributed by atoms with Crippen LogP contribution in [0.1, 0.15) is 49.5 Å². The summed E-state index contributed by atoms with van der Waals surface area (Å²) in [6, 6.07) is 2.96. The summed E-state index contributed by atoms with van der Waals surface area (Å²) in [7, 11) is 3.26. The predicted molar refractivity (Wildman–Crippen MR) is 107 cm³/mol. The number of hydrogen-bond donors (Lipinski definition) is 1. The molecule has 1 aromatic carbocycles. The number of methoxy groups -OCH3 is 1. The topological polar surface area (TPSA) is 79.3 Å². The summed E-state index contributed by atoms with van der Waals surface area (Å²) in [6.07, 6.45) is 1.50. The highest BCUT2D eigenvalue weighted by Gasteiger charge is 2.30. The third-order valence-electron chi connectivity index (χ3n) is 4.71. The summed E-state index contributed by atoms with van der Waals surface area (Å²) in [5.41, 5.74) is 0.299. The molecule has 8 heteroatoms. The number of piperidine rings is 1. The van der Waals surface area contributed by atoms with E-state index in [0.29, 0.717) is 23.9 Å². The number of aromatic carboxylic acids is 1. The summed E-state index contributed by atoms with van der Waals surface area (Å²) in [6.45, 7) is 7.60. The molecule has 0 aliphatic carbocycles. The van der Waals surface area contributed by atoms with Gasteiger partial charge in [0.2, 0.25) is 0 Å².